The molecule has 0 aliphatic rings. The summed E-state index contributed by atoms with van der Waals surface area (Å²) in [6.07, 6.45) is 0. The average Bonchev–Trinajstić information content (AvgIpc) is 2.83. The molecule has 0 spiro atoms. The molecule has 2 aromatic heterocycles. The number of nitrogens with one attached hydrogen (secondary N) is 1. The van der Waals surface area contributed by atoms with Gasteiger partial charge in [-0.2, -0.15) is 0 Å². The summed E-state index contributed by atoms with van der Waals surface area (Å²) in [4.78, 5) is 28.6. The number of methoxy groups -OCH3 is 1. The molecule has 0 bridgehead atoms. The summed E-state index contributed by atoms with van der Waals surface area (Å²) in [6.45, 7) is 7.16. The summed E-state index contributed by atoms with van der Waals surface area (Å²) in [7, 11) is 1.29. The van der Waals surface area contributed by atoms with Crippen molar-refractivity contribution in [3.05, 3.63) is 23.0 Å². The highest BCUT2D eigenvalue weighted by molar-refractivity contribution is 6.07. The molecule has 0 fully saturated rings. The fraction of sp³-hybridized carbons (Fsp3) is 0.467. The van der Waals surface area contributed by atoms with Crippen LogP contribution in [0.25, 0.3) is 11.1 Å². The van der Waals surface area contributed by atoms with Crippen LogP contribution in [0.4, 0.5) is 0 Å². The quantitative estimate of drug-likeness (QED) is 0.865. The van der Waals surface area contributed by atoms with E-state index in [1.807, 2.05) is 13.8 Å². The standard InChI is InChI=1S/C15H19N3O4/c1-7(2)12(15(20)21-5)17-13(19)10-6-8(3)16-14-11(10)9(4)18-22-14/h6-7,12H,1-5H3,(H,17,19). The van der Waals surface area contributed by atoms with Gasteiger partial charge in [0.15, 0.2) is 0 Å². The lowest BCUT2D eigenvalue weighted by molar-refractivity contribution is -0.144. The van der Waals surface area contributed by atoms with Crippen LogP contribution in [-0.4, -0.2) is 35.2 Å². The maximum absolute atomic E-state index is 12.6. The largest absolute Gasteiger partial charge is 0.467 e. The summed E-state index contributed by atoms with van der Waals surface area (Å²) in [5.41, 5.74) is 1.90. The van der Waals surface area contributed by atoms with Crippen molar-refractivity contribution in [3.63, 3.8) is 0 Å². The Morgan fingerprint density at radius 3 is 2.59 bits per heavy atom. The predicted octanol–water partition coefficient (Wildman–Crippen LogP) is 1.77. The van der Waals surface area contributed by atoms with Gasteiger partial charge in [0.05, 0.1) is 23.8 Å². The topological polar surface area (TPSA) is 94.3 Å². The molecule has 1 N–H and O–H groups in total. The van der Waals surface area contributed by atoms with Crippen LogP contribution in [0.15, 0.2) is 10.6 Å². The Bertz CT molecular complexity index is 721. The minimum Gasteiger partial charge on any atom is -0.467 e. The summed E-state index contributed by atoms with van der Waals surface area (Å²) in [6, 6.07) is 0.928. The SMILES string of the molecule is COC(=O)C(NC(=O)c1cc(C)nc2onc(C)c12)C(C)C. The molecule has 7 heteroatoms. The van der Waals surface area contributed by atoms with Crippen molar-refractivity contribution in [2.45, 2.75) is 33.7 Å². The lowest BCUT2D eigenvalue weighted by Gasteiger charge is -2.20. The van der Waals surface area contributed by atoms with E-state index in [0.29, 0.717) is 28.1 Å². The molecule has 1 unspecified atom stereocenters. The van der Waals surface area contributed by atoms with E-state index in [1.165, 1.54) is 7.11 Å². The van der Waals surface area contributed by atoms with Crippen molar-refractivity contribution < 1.29 is 18.8 Å². The van der Waals surface area contributed by atoms with Crippen LogP contribution in [0.2, 0.25) is 0 Å². The van der Waals surface area contributed by atoms with Crippen LogP contribution < -0.4 is 5.32 Å². The van der Waals surface area contributed by atoms with E-state index in [4.69, 9.17) is 9.26 Å². The first kappa shape index (κ1) is 15.9. The highest BCUT2D eigenvalue weighted by Gasteiger charge is 2.27. The Kier molecular flexibility index (Phi) is 4.44. The molecule has 2 heterocycles. The number of rotatable bonds is 4. The predicted molar refractivity (Wildman–Crippen MR) is 79.4 cm³/mol. The number of amides is 1. The normalized spacial score (nSPS) is 12.5. The Balaban J connectivity index is 2.41. The highest BCUT2D eigenvalue weighted by atomic mass is 16.5. The van der Waals surface area contributed by atoms with Gasteiger partial charge < -0.3 is 14.6 Å². The van der Waals surface area contributed by atoms with Crippen LogP contribution >= 0.6 is 0 Å². The number of aryl methyl sites for hydroxylation is 2. The number of carbonyl (C=O) groups is 2. The third-order valence-electron chi connectivity index (χ3n) is 3.40. The minimum absolute atomic E-state index is 0.0987. The zero-order valence-corrected chi connectivity index (χ0v) is 13.3. The first-order valence-electron chi connectivity index (χ1n) is 6.97. The fourth-order valence-corrected chi connectivity index (χ4v) is 2.24. The zero-order valence-electron chi connectivity index (χ0n) is 13.3. The second-order valence-corrected chi connectivity index (χ2v) is 5.48. The Labute approximate surface area is 128 Å². The maximum atomic E-state index is 12.6. The Morgan fingerprint density at radius 2 is 2.00 bits per heavy atom. The summed E-state index contributed by atoms with van der Waals surface area (Å²) in [5.74, 6) is -0.961. The molecule has 0 saturated carbocycles. The van der Waals surface area contributed by atoms with Crippen LogP contribution in [-0.2, 0) is 9.53 Å². The van der Waals surface area contributed by atoms with Gasteiger partial charge in [-0.1, -0.05) is 19.0 Å². The minimum atomic E-state index is -0.721. The van der Waals surface area contributed by atoms with E-state index in [-0.39, 0.29) is 11.8 Å². The number of carbonyl (C=O) groups excluding carboxylic acids is 2. The van der Waals surface area contributed by atoms with E-state index in [0.717, 1.165) is 0 Å². The molecule has 0 saturated heterocycles. The van der Waals surface area contributed by atoms with Gasteiger partial charge in [-0.15, -0.1) is 0 Å². The number of nitrogens with zero attached hydrogens (tertiary/aromatic N) is 2. The fourth-order valence-electron chi connectivity index (χ4n) is 2.24. The van der Waals surface area contributed by atoms with Gasteiger partial charge in [-0.3, -0.25) is 4.79 Å². The molecular formula is C15H19N3O4. The van der Waals surface area contributed by atoms with Crippen molar-refractivity contribution in [2.75, 3.05) is 7.11 Å². The number of aromatic nitrogens is 2. The van der Waals surface area contributed by atoms with Crippen molar-refractivity contribution in [1.82, 2.24) is 15.5 Å². The van der Waals surface area contributed by atoms with Crippen molar-refractivity contribution in [3.8, 4) is 0 Å². The van der Waals surface area contributed by atoms with E-state index in [9.17, 15) is 9.59 Å². The molecule has 0 aliphatic carbocycles. The number of pyridine rings is 1. The molecule has 0 aliphatic heterocycles. The van der Waals surface area contributed by atoms with Crippen LogP contribution in [0.1, 0.15) is 35.6 Å². The molecule has 118 valence electrons. The van der Waals surface area contributed by atoms with Crippen molar-refractivity contribution in [1.29, 1.82) is 0 Å². The van der Waals surface area contributed by atoms with E-state index in [2.05, 4.69) is 15.5 Å². The van der Waals surface area contributed by atoms with Gasteiger partial charge in [-0.05, 0) is 25.8 Å². The first-order valence-corrected chi connectivity index (χ1v) is 6.97. The molecular weight excluding hydrogens is 286 g/mol. The van der Waals surface area contributed by atoms with E-state index >= 15 is 0 Å². The second-order valence-electron chi connectivity index (χ2n) is 5.48. The molecule has 0 aromatic carbocycles. The number of esters is 1. The van der Waals surface area contributed by atoms with Crippen LogP contribution in [0, 0.1) is 19.8 Å². The van der Waals surface area contributed by atoms with Crippen molar-refractivity contribution in [2.24, 2.45) is 5.92 Å². The van der Waals surface area contributed by atoms with Gasteiger partial charge >= 0.3 is 5.97 Å². The van der Waals surface area contributed by atoms with E-state index in [1.54, 1.807) is 19.9 Å². The smallest absolute Gasteiger partial charge is 0.328 e. The summed E-state index contributed by atoms with van der Waals surface area (Å²) >= 11 is 0. The first-order chi connectivity index (χ1) is 10.3. The second kappa shape index (κ2) is 6.13. The third-order valence-corrected chi connectivity index (χ3v) is 3.40. The lowest BCUT2D eigenvalue weighted by Crippen LogP contribution is -2.45. The molecule has 1 amide bonds. The van der Waals surface area contributed by atoms with Gasteiger partial charge in [0, 0.05) is 5.69 Å². The summed E-state index contributed by atoms with van der Waals surface area (Å²) in [5, 5.41) is 7.10. The molecule has 2 rings (SSSR count). The molecule has 0 radical (unpaired) electrons. The van der Waals surface area contributed by atoms with Crippen LogP contribution in [0.5, 0.6) is 0 Å². The maximum Gasteiger partial charge on any atom is 0.328 e. The van der Waals surface area contributed by atoms with Gasteiger partial charge in [0.2, 0.25) is 0 Å². The van der Waals surface area contributed by atoms with Crippen molar-refractivity contribution >= 4 is 23.0 Å². The van der Waals surface area contributed by atoms with Gasteiger partial charge in [0.25, 0.3) is 11.6 Å². The van der Waals surface area contributed by atoms with Gasteiger partial charge in [-0.25, -0.2) is 9.78 Å². The molecule has 7 nitrogen and oxygen atoms in total. The number of hydrogen-bond donors (Lipinski definition) is 1. The molecule has 1 atom stereocenters. The Hall–Kier alpha value is -2.44. The summed E-state index contributed by atoms with van der Waals surface area (Å²) < 4.78 is 9.84. The van der Waals surface area contributed by atoms with Crippen LogP contribution in [0.3, 0.4) is 0 Å². The molecule has 22 heavy (non-hydrogen) atoms. The number of fused-ring (bicyclic) bond motifs is 1. The average molecular weight is 305 g/mol. The highest BCUT2D eigenvalue weighted by Crippen LogP contribution is 2.22. The number of ether oxygens (including phenoxy) is 1. The van der Waals surface area contributed by atoms with Gasteiger partial charge in [0.1, 0.15) is 6.04 Å². The molecule has 2 aromatic rings. The zero-order chi connectivity index (χ0) is 16.4. The van der Waals surface area contributed by atoms with E-state index < -0.39 is 12.0 Å². The third kappa shape index (κ3) is 2.93. The monoisotopic (exact) mass is 305 g/mol. The Morgan fingerprint density at radius 1 is 1.32 bits per heavy atom. The number of hydrogen-bond acceptors (Lipinski definition) is 6. The lowest BCUT2D eigenvalue weighted by atomic mass is 10.0.